The summed E-state index contributed by atoms with van der Waals surface area (Å²) in [6, 6.07) is 6.30. The third-order valence-electron chi connectivity index (χ3n) is 3.91. The number of fused-ring (bicyclic) bond motifs is 1. The zero-order chi connectivity index (χ0) is 13.0. The molecule has 1 unspecified atom stereocenters. The van der Waals surface area contributed by atoms with Gasteiger partial charge in [0, 0.05) is 12.1 Å². The van der Waals surface area contributed by atoms with Crippen LogP contribution in [-0.2, 0) is 12.0 Å². The van der Waals surface area contributed by atoms with Gasteiger partial charge in [-0.2, -0.15) is 0 Å². The second kappa shape index (κ2) is 5.72. The number of hydrogen-bond donors (Lipinski definition) is 2. The molecule has 0 bridgehead atoms. The Morgan fingerprint density at radius 1 is 1.44 bits per heavy atom. The predicted molar refractivity (Wildman–Crippen MR) is 73.0 cm³/mol. The molecule has 3 heteroatoms. The summed E-state index contributed by atoms with van der Waals surface area (Å²) in [6.07, 6.45) is 4.02. The number of nitrogens with one attached hydrogen (secondary N) is 1. The molecule has 0 aromatic heterocycles. The van der Waals surface area contributed by atoms with E-state index in [0.717, 1.165) is 38.0 Å². The number of hydrogen-bond acceptors (Lipinski definition) is 3. The summed E-state index contributed by atoms with van der Waals surface area (Å²) in [4.78, 5) is 0. The van der Waals surface area contributed by atoms with Crippen molar-refractivity contribution in [3.8, 4) is 5.75 Å². The predicted octanol–water partition coefficient (Wildman–Crippen LogP) is 2.22. The zero-order valence-corrected chi connectivity index (χ0v) is 11.3. The normalized spacial score (nSPS) is 21.9. The van der Waals surface area contributed by atoms with E-state index < -0.39 is 0 Å². The van der Waals surface area contributed by atoms with Gasteiger partial charge in [0.25, 0.3) is 0 Å². The van der Waals surface area contributed by atoms with Gasteiger partial charge in [-0.3, -0.25) is 0 Å². The molecule has 1 aliphatic carbocycles. The molecule has 1 atom stereocenters. The number of aryl methyl sites for hydroxylation is 1. The number of benzene rings is 1. The summed E-state index contributed by atoms with van der Waals surface area (Å²) in [7, 11) is 1.70. The Kier molecular flexibility index (Phi) is 4.25. The highest BCUT2D eigenvalue weighted by molar-refractivity contribution is 5.44. The van der Waals surface area contributed by atoms with Crippen LogP contribution in [0.4, 0.5) is 0 Å². The minimum atomic E-state index is -0.0609. The molecule has 0 saturated carbocycles. The monoisotopic (exact) mass is 249 g/mol. The molecule has 1 aromatic rings. The first-order valence-electron chi connectivity index (χ1n) is 6.79. The molecule has 0 fully saturated rings. The molecule has 0 aliphatic heterocycles. The summed E-state index contributed by atoms with van der Waals surface area (Å²) in [6.45, 7) is 3.37. The summed E-state index contributed by atoms with van der Waals surface area (Å²) >= 11 is 0. The molecule has 0 heterocycles. The molecule has 0 saturated heterocycles. The lowest BCUT2D eigenvalue weighted by Gasteiger charge is -2.31. The molecule has 1 aliphatic rings. The van der Waals surface area contributed by atoms with Crippen molar-refractivity contribution in [1.82, 2.24) is 5.32 Å². The molecule has 0 spiro atoms. The lowest BCUT2D eigenvalue weighted by atomic mass is 9.88. The Hall–Kier alpha value is -1.06. The second-order valence-corrected chi connectivity index (χ2v) is 5.01. The number of aliphatic hydroxyl groups excluding tert-OH is 1. The number of ether oxygens (including phenoxy) is 1. The van der Waals surface area contributed by atoms with Crippen molar-refractivity contribution < 1.29 is 9.84 Å². The van der Waals surface area contributed by atoms with Crippen molar-refractivity contribution in [3.63, 3.8) is 0 Å². The van der Waals surface area contributed by atoms with E-state index in [0.29, 0.717) is 0 Å². The van der Waals surface area contributed by atoms with Gasteiger partial charge in [0.1, 0.15) is 5.75 Å². The molecule has 100 valence electrons. The van der Waals surface area contributed by atoms with Crippen LogP contribution in [0.3, 0.4) is 0 Å². The van der Waals surface area contributed by atoms with Gasteiger partial charge in [0.15, 0.2) is 0 Å². The van der Waals surface area contributed by atoms with E-state index in [1.54, 1.807) is 7.11 Å². The Balaban J connectivity index is 2.34. The summed E-state index contributed by atoms with van der Waals surface area (Å²) in [5.41, 5.74) is 2.63. The number of aliphatic hydroxyl groups is 1. The first-order chi connectivity index (χ1) is 8.75. The van der Waals surface area contributed by atoms with Gasteiger partial charge < -0.3 is 15.2 Å². The number of methoxy groups -OCH3 is 1. The minimum absolute atomic E-state index is 0.0609. The van der Waals surface area contributed by atoms with Crippen LogP contribution in [0.2, 0.25) is 0 Å². The topological polar surface area (TPSA) is 41.5 Å². The van der Waals surface area contributed by atoms with Crippen LogP contribution >= 0.6 is 0 Å². The van der Waals surface area contributed by atoms with Crippen LogP contribution in [0.1, 0.15) is 37.3 Å². The lowest BCUT2D eigenvalue weighted by molar-refractivity contribution is 0.208. The minimum Gasteiger partial charge on any atom is -0.497 e. The van der Waals surface area contributed by atoms with Gasteiger partial charge in [0.2, 0.25) is 0 Å². The van der Waals surface area contributed by atoms with Gasteiger partial charge in [0.05, 0.1) is 7.11 Å². The fourth-order valence-electron chi connectivity index (χ4n) is 2.92. The van der Waals surface area contributed by atoms with Crippen LogP contribution in [0, 0.1) is 0 Å². The third-order valence-corrected chi connectivity index (χ3v) is 3.91. The quantitative estimate of drug-likeness (QED) is 0.812. The third kappa shape index (κ3) is 2.38. The smallest absolute Gasteiger partial charge is 0.119 e. The van der Waals surface area contributed by atoms with Crippen molar-refractivity contribution >= 4 is 0 Å². The van der Waals surface area contributed by atoms with Crippen molar-refractivity contribution in [2.45, 2.75) is 38.1 Å². The van der Waals surface area contributed by atoms with E-state index in [1.807, 2.05) is 6.07 Å². The van der Waals surface area contributed by atoms with Crippen LogP contribution in [0.15, 0.2) is 18.2 Å². The first-order valence-corrected chi connectivity index (χ1v) is 6.79. The van der Waals surface area contributed by atoms with Crippen molar-refractivity contribution in [2.75, 3.05) is 20.3 Å². The maximum atomic E-state index is 9.37. The van der Waals surface area contributed by atoms with Gasteiger partial charge in [-0.1, -0.05) is 13.0 Å². The van der Waals surface area contributed by atoms with E-state index in [-0.39, 0.29) is 12.1 Å². The van der Waals surface area contributed by atoms with Gasteiger partial charge >= 0.3 is 0 Å². The Bertz CT molecular complexity index is 401. The molecule has 3 nitrogen and oxygen atoms in total. The molecule has 0 radical (unpaired) electrons. The molecular weight excluding hydrogens is 226 g/mol. The van der Waals surface area contributed by atoms with Crippen molar-refractivity contribution in [2.24, 2.45) is 0 Å². The van der Waals surface area contributed by atoms with E-state index >= 15 is 0 Å². The van der Waals surface area contributed by atoms with E-state index in [1.165, 1.54) is 11.1 Å². The Morgan fingerprint density at radius 3 is 2.94 bits per heavy atom. The maximum absolute atomic E-state index is 9.37. The number of rotatable bonds is 6. The SMILES string of the molecule is CCCNC1(CCO)CCc2ccc(OC)cc21. The molecule has 0 amide bonds. The molecule has 2 N–H and O–H groups in total. The Labute approximate surface area is 109 Å². The zero-order valence-electron chi connectivity index (χ0n) is 11.3. The fraction of sp³-hybridized carbons (Fsp3) is 0.600. The highest BCUT2D eigenvalue weighted by atomic mass is 16.5. The Morgan fingerprint density at radius 2 is 2.28 bits per heavy atom. The summed E-state index contributed by atoms with van der Waals surface area (Å²) < 4.78 is 5.33. The van der Waals surface area contributed by atoms with Crippen molar-refractivity contribution in [1.29, 1.82) is 0 Å². The maximum Gasteiger partial charge on any atom is 0.119 e. The molecule has 2 rings (SSSR count). The fourth-order valence-corrected chi connectivity index (χ4v) is 2.92. The van der Waals surface area contributed by atoms with Gasteiger partial charge in [-0.05, 0) is 55.5 Å². The molecule has 1 aromatic carbocycles. The lowest BCUT2D eigenvalue weighted by Crippen LogP contribution is -2.41. The van der Waals surface area contributed by atoms with E-state index in [4.69, 9.17) is 4.74 Å². The largest absolute Gasteiger partial charge is 0.497 e. The average Bonchev–Trinajstić information content (AvgIpc) is 2.76. The second-order valence-electron chi connectivity index (χ2n) is 5.01. The highest BCUT2D eigenvalue weighted by Gasteiger charge is 2.37. The van der Waals surface area contributed by atoms with Gasteiger partial charge in [-0.25, -0.2) is 0 Å². The average molecular weight is 249 g/mol. The standard InChI is InChI=1S/C15H23NO2/c1-3-9-16-15(8-10-17)7-6-12-4-5-13(18-2)11-14(12)15/h4-5,11,16-17H,3,6-10H2,1-2H3. The molecule has 18 heavy (non-hydrogen) atoms. The van der Waals surface area contributed by atoms with Crippen LogP contribution < -0.4 is 10.1 Å². The van der Waals surface area contributed by atoms with Crippen molar-refractivity contribution in [3.05, 3.63) is 29.3 Å². The first kappa shape index (κ1) is 13.4. The van der Waals surface area contributed by atoms with E-state index in [9.17, 15) is 5.11 Å². The summed E-state index contributed by atoms with van der Waals surface area (Å²) in [5.74, 6) is 0.899. The van der Waals surface area contributed by atoms with Gasteiger partial charge in [-0.15, -0.1) is 0 Å². The van der Waals surface area contributed by atoms with Crippen LogP contribution in [-0.4, -0.2) is 25.4 Å². The highest BCUT2D eigenvalue weighted by Crippen LogP contribution is 2.41. The molecular formula is C15H23NO2. The van der Waals surface area contributed by atoms with Crippen LogP contribution in [0.25, 0.3) is 0 Å². The van der Waals surface area contributed by atoms with E-state index in [2.05, 4.69) is 24.4 Å². The van der Waals surface area contributed by atoms with Crippen LogP contribution in [0.5, 0.6) is 5.75 Å². The summed E-state index contributed by atoms with van der Waals surface area (Å²) in [5, 5.41) is 13.0.